The molecule has 3 heterocycles. The van der Waals surface area contributed by atoms with Gasteiger partial charge in [0.25, 0.3) is 5.91 Å². The van der Waals surface area contributed by atoms with Gasteiger partial charge in [-0.25, -0.2) is 0 Å². The fourth-order valence-corrected chi connectivity index (χ4v) is 4.16. The third-order valence-electron chi connectivity index (χ3n) is 5.86. The number of ether oxygens (including phenoxy) is 1. The number of hydrogen-bond acceptors (Lipinski definition) is 4. The minimum absolute atomic E-state index is 0.0316. The van der Waals surface area contributed by atoms with Gasteiger partial charge in [-0.05, 0) is 66.9 Å². The van der Waals surface area contributed by atoms with Crippen LogP contribution in [-0.4, -0.2) is 47.3 Å². The fraction of sp³-hybridized carbons (Fsp3) is 0.250. The predicted molar refractivity (Wildman–Crippen MR) is 122 cm³/mol. The monoisotopic (exact) mass is 415 g/mol. The van der Waals surface area contributed by atoms with Crippen LogP contribution in [0.1, 0.15) is 23.2 Å². The van der Waals surface area contributed by atoms with E-state index in [4.69, 9.17) is 4.74 Å². The highest BCUT2D eigenvalue weighted by atomic mass is 16.5. The number of fused-ring (bicyclic) bond motifs is 1. The van der Waals surface area contributed by atoms with Crippen molar-refractivity contribution in [1.29, 1.82) is 0 Å². The van der Waals surface area contributed by atoms with Gasteiger partial charge < -0.3 is 19.9 Å². The molecule has 158 valence electrons. The standard InChI is InChI=1S/C24H25N5O2/c1-31-20-7-4-16(5-8-20)22-14-23(28-27-22)29-12-2-3-19(15-29)26-24(30)18-6-9-21-17(13-18)10-11-25-21/h4-11,13-14,19,25H,2-3,12,15H2,1H3,(H,26,30)(H,27,28)/t19-/m1/s1. The van der Waals surface area contributed by atoms with Crippen molar-refractivity contribution in [2.45, 2.75) is 18.9 Å². The van der Waals surface area contributed by atoms with E-state index in [0.717, 1.165) is 59.7 Å². The zero-order valence-corrected chi connectivity index (χ0v) is 17.4. The van der Waals surface area contributed by atoms with Crippen molar-refractivity contribution in [1.82, 2.24) is 20.5 Å². The molecular weight excluding hydrogens is 390 g/mol. The van der Waals surface area contributed by atoms with Crippen LogP contribution in [0, 0.1) is 0 Å². The second kappa shape index (κ2) is 8.18. The fourth-order valence-electron chi connectivity index (χ4n) is 4.16. The molecule has 0 saturated carbocycles. The first-order valence-corrected chi connectivity index (χ1v) is 10.5. The number of nitrogens with zero attached hydrogens (tertiary/aromatic N) is 2. The molecule has 0 bridgehead atoms. The largest absolute Gasteiger partial charge is 0.497 e. The predicted octanol–water partition coefficient (Wildman–Crippen LogP) is 3.97. The van der Waals surface area contributed by atoms with Crippen molar-refractivity contribution < 1.29 is 9.53 Å². The van der Waals surface area contributed by atoms with E-state index in [1.54, 1.807) is 7.11 Å². The molecule has 0 aliphatic carbocycles. The first-order chi connectivity index (χ1) is 15.2. The van der Waals surface area contributed by atoms with Crippen LogP contribution in [0.15, 0.2) is 60.8 Å². The van der Waals surface area contributed by atoms with Gasteiger partial charge >= 0.3 is 0 Å². The van der Waals surface area contributed by atoms with Gasteiger partial charge in [0, 0.05) is 47.9 Å². The lowest BCUT2D eigenvalue weighted by molar-refractivity contribution is 0.0933. The topological polar surface area (TPSA) is 86.0 Å². The minimum Gasteiger partial charge on any atom is -0.497 e. The Morgan fingerprint density at radius 3 is 2.87 bits per heavy atom. The lowest BCUT2D eigenvalue weighted by Gasteiger charge is -2.33. The third kappa shape index (κ3) is 3.99. The lowest BCUT2D eigenvalue weighted by atomic mass is 10.0. The smallest absolute Gasteiger partial charge is 0.251 e. The van der Waals surface area contributed by atoms with E-state index >= 15 is 0 Å². The highest BCUT2D eigenvalue weighted by Gasteiger charge is 2.24. The van der Waals surface area contributed by atoms with Gasteiger partial charge in [0.15, 0.2) is 5.82 Å². The van der Waals surface area contributed by atoms with Crippen LogP contribution in [-0.2, 0) is 0 Å². The van der Waals surface area contributed by atoms with Crippen LogP contribution >= 0.6 is 0 Å². The van der Waals surface area contributed by atoms with Crippen molar-refractivity contribution >= 4 is 22.6 Å². The van der Waals surface area contributed by atoms with Crippen LogP contribution in [0.4, 0.5) is 5.82 Å². The average molecular weight is 415 g/mol. The Kier molecular flexibility index (Phi) is 5.08. The molecule has 5 rings (SSSR count). The Bertz CT molecular complexity index is 1190. The Hall–Kier alpha value is -3.74. The summed E-state index contributed by atoms with van der Waals surface area (Å²) in [6.45, 7) is 1.67. The molecule has 0 radical (unpaired) electrons. The van der Waals surface area contributed by atoms with Crippen molar-refractivity contribution in [3.63, 3.8) is 0 Å². The van der Waals surface area contributed by atoms with Crippen molar-refractivity contribution in [3.8, 4) is 17.0 Å². The van der Waals surface area contributed by atoms with Crippen LogP contribution < -0.4 is 15.0 Å². The Morgan fingerprint density at radius 1 is 1.16 bits per heavy atom. The summed E-state index contributed by atoms with van der Waals surface area (Å²) < 4.78 is 5.23. The summed E-state index contributed by atoms with van der Waals surface area (Å²) >= 11 is 0. The van der Waals surface area contributed by atoms with Gasteiger partial charge in [0.2, 0.25) is 0 Å². The van der Waals surface area contributed by atoms with E-state index in [1.807, 2.05) is 54.7 Å². The highest BCUT2D eigenvalue weighted by molar-refractivity contribution is 5.98. The van der Waals surface area contributed by atoms with Gasteiger partial charge in [-0.2, -0.15) is 5.10 Å². The number of rotatable bonds is 5. The van der Waals surface area contributed by atoms with Crippen molar-refractivity contribution in [3.05, 3.63) is 66.4 Å². The number of amides is 1. The van der Waals surface area contributed by atoms with E-state index in [1.165, 1.54) is 0 Å². The Balaban J connectivity index is 1.25. The number of benzene rings is 2. The van der Waals surface area contributed by atoms with E-state index in [9.17, 15) is 4.79 Å². The zero-order valence-electron chi connectivity index (χ0n) is 17.4. The van der Waals surface area contributed by atoms with Crippen LogP contribution in [0.2, 0.25) is 0 Å². The number of piperidine rings is 1. The minimum atomic E-state index is -0.0316. The molecule has 2 aromatic carbocycles. The number of carbonyl (C=O) groups excluding carboxylic acids is 1. The molecule has 31 heavy (non-hydrogen) atoms. The Labute approximate surface area is 180 Å². The van der Waals surface area contributed by atoms with Gasteiger partial charge in [0.05, 0.1) is 12.8 Å². The van der Waals surface area contributed by atoms with E-state index in [0.29, 0.717) is 5.56 Å². The normalized spacial score (nSPS) is 16.4. The molecule has 0 unspecified atom stereocenters. The maximum atomic E-state index is 12.8. The molecule has 0 spiro atoms. The SMILES string of the molecule is COc1ccc(-c2cc(N3CCC[C@@H](NC(=O)c4ccc5[nH]ccc5c4)C3)n[nH]2)cc1. The molecule has 1 saturated heterocycles. The summed E-state index contributed by atoms with van der Waals surface area (Å²) in [6.07, 6.45) is 3.85. The third-order valence-corrected chi connectivity index (χ3v) is 5.86. The van der Waals surface area contributed by atoms with Crippen LogP contribution in [0.3, 0.4) is 0 Å². The van der Waals surface area contributed by atoms with E-state index in [-0.39, 0.29) is 11.9 Å². The molecule has 7 heteroatoms. The van der Waals surface area contributed by atoms with E-state index < -0.39 is 0 Å². The highest BCUT2D eigenvalue weighted by Crippen LogP contribution is 2.26. The number of methoxy groups -OCH3 is 1. The number of hydrogen-bond donors (Lipinski definition) is 3. The van der Waals surface area contributed by atoms with E-state index in [2.05, 4.69) is 31.5 Å². The molecule has 3 N–H and O–H groups in total. The molecule has 1 aliphatic rings. The molecule has 1 aliphatic heterocycles. The number of anilines is 1. The average Bonchev–Trinajstić information content (AvgIpc) is 3.49. The number of carbonyl (C=O) groups is 1. The molecular formula is C24H25N5O2. The second-order valence-electron chi connectivity index (χ2n) is 7.91. The van der Waals surface area contributed by atoms with Gasteiger partial charge in [0.1, 0.15) is 5.75 Å². The summed E-state index contributed by atoms with van der Waals surface area (Å²) in [6, 6.07) is 17.8. The quantitative estimate of drug-likeness (QED) is 0.460. The number of H-pyrrole nitrogens is 2. The zero-order chi connectivity index (χ0) is 21.2. The first-order valence-electron chi connectivity index (χ1n) is 10.5. The van der Waals surface area contributed by atoms with Crippen LogP contribution in [0.25, 0.3) is 22.2 Å². The summed E-state index contributed by atoms with van der Waals surface area (Å²) in [5, 5.41) is 11.9. The van der Waals surface area contributed by atoms with Gasteiger partial charge in [-0.15, -0.1) is 0 Å². The maximum Gasteiger partial charge on any atom is 0.251 e. The number of aromatic amines is 2. The molecule has 1 atom stereocenters. The van der Waals surface area contributed by atoms with Gasteiger partial charge in [-0.3, -0.25) is 9.89 Å². The number of nitrogens with one attached hydrogen (secondary N) is 3. The first kappa shape index (κ1) is 19.2. The summed E-state index contributed by atoms with van der Waals surface area (Å²) in [7, 11) is 1.66. The van der Waals surface area contributed by atoms with Crippen molar-refractivity contribution in [2.24, 2.45) is 0 Å². The Morgan fingerprint density at radius 2 is 2.03 bits per heavy atom. The summed E-state index contributed by atoms with van der Waals surface area (Å²) in [4.78, 5) is 18.2. The molecule has 7 nitrogen and oxygen atoms in total. The van der Waals surface area contributed by atoms with Gasteiger partial charge in [-0.1, -0.05) is 0 Å². The van der Waals surface area contributed by atoms with Crippen LogP contribution in [0.5, 0.6) is 5.75 Å². The maximum absolute atomic E-state index is 12.8. The summed E-state index contributed by atoms with van der Waals surface area (Å²) in [5.41, 5.74) is 3.74. The van der Waals surface area contributed by atoms with Crippen molar-refractivity contribution in [2.75, 3.05) is 25.1 Å². The summed E-state index contributed by atoms with van der Waals surface area (Å²) in [5.74, 6) is 1.70. The molecule has 1 amide bonds. The molecule has 2 aromatic heterocycles. The lowest BCUT2D eigenvalue weighted by Crippen LogP contribution is -2.48. The number of aromatic nitrogens is 3. The molecule has 4 aromatic rings. The molecule has 1 fully saturated rings. The second-order valence-corrected chi connectivity index (χ2v) is 7.91.